The highest BCUT2D eigenvalue weighted by Crippen LogP contribution is 2.29. The van der Waals surface area contributed by atoms with Crippen LogP contribution in [0.25, 0.3) is 0 Å². The van der Waals surface area contributed by atoms with Gasteiger partial charge in [-0.25, -0.2) is 4.98 Å². The number of pyridine rings is 1. The lowest BCUT2D eigenvalue weighted by Gasteiger charge is -2.34. The number of anilines is 1. The smallest absolute Gasteiger partial charge is 0.314 e. The van der Waals surface area contributed by atoms with E-state index in [2.05, 4.69) is 20.0 Å². The molecule has 2 aromatic heterocycles. The first-order valence-corrected chi connectivity index (χ1v) is 7.96. The average molecular weight is 348 g/mol. The van der Waals surface area contributed by atoms with E-state index in [0.29, 0.717) is 49.3 Å². The number of nitro groups is 1. The number of methoxy groups -OCH3 is 1. The lowest BCUT2D eigenvalue weighted by atomic mass is 10.2. The van der Waals surface area contributed by atoms with Gasteiger partial charge >= 0.3 is 5.69 Å². The molecule has 0 aromatic carbocycles. The van der Waals surface area contributed by atoms with Gasteiger partial charge in [0.2, 0.25) is 11.7 Å². The van der Waals surface area contributed by atoms with Crippen LogP contribution in [0.1, 0.15) is 17.3 Å². The molecule has 0 amide bonds. The Kier molecular flexibility index (Phi) is 5.19. The van der Waals surface area contributed by atoms with E-state index in [9.17, 15) is 10.1 Å². The van der Waals surface area contributed by atoms with E-state index in [1.54, 1.807) is 26.3 Å². The highest BCUT2D eigenvalue weighted by atomic mass is 16.6. The van der Waals surface area contributed by atoms with Crippen LogP contribution in [0.2, 0.25) is 0 Å². The van der Waals surface area contributed by atoms with Crippen molar-refractivity contribution in [3.05, 3.63) is 39.7 Å². The number of ether oxygens (including phenoxy) is 1. The summed E-state index contributed by atoms with van der Waals surface area (Å²) in [6.45, 7) is 5.36. The molecule has 0 N–H and O–H groups in total. The van der Waals surface area contributed by atoms with E-state index < -0.39 is 0 Å². The molecule has 10 nitrogen and oxygen atoms in total. The molecule has 134 valence electrons. The van der Waals surface area contributed by atoms with Crippen molar-refractivity contribution in [2.75, 3.05) is 38.2 Å². The van der Waals surface area contributed by atoms with Crippen molar-refractivity contribution in [1.29, 1.82) is 0 Å². The average Bonchev–Trinajstić information content (AvgIpc) is 3.02. The number of hydrogen-bond acceptors (Lipinski definition) is 9. The number of aromatic nitrogens is 3. The summed E-state index contributed by atoms with van der Waals surface area (Å²) in [5, 5.41) is 15.2. The van der Waals surface area contributed by atoms with Gasteiger partial charge in [-0.1, -0.05) is 5.16 Å². The minimum absolute atomic E-state index is 0.0806. The Labute approximate surface area is 144 Å². The first kappa shape index (κ1) is 17.2. The van der Waals surface area contributed by atoms with Gasteiger partial charge in [0.15, 0.2) is 5.82 Å². The van der Waals surface area contributed by atoms with Gasteiger partial charge in [0.05, 0.1) is 11.5 Å². The normalized spacial score (nSPS) is 15.5. The summed E-state index contributed by atoms with van der Waals surface area (Å²) < 4.78 is 10.2. The molecule has 0 bridgehead atoms. The predicted molar refractivity (Wildman–Crippen MR) is 88.1 cm³/mol. The fraction of sp³-hybridized carbons (Fsp3) is 0.533. The van der Waals surface area contributed by atoms with Gasteiger partial charge in [-0.15, -0.1) is 0 Å². The molecule has 0 radical (unpaired) electrons. The van der Waals surface area contributed by atoms with E-state index >= 15 is 0 Å². The molecule has 0 spiro atoms. The Morgan fingerprint density at radius 2 is 2.12 bits per heavy atom. The van der Waals surface area contributed by atoms with Crippen LogP contribution in [0.15, 0.2) is 16.8 Å². The van der Waals surface area contributed by atoms with Crippen LogP contribution in [0.5, 0.6) is 0 Å². The molecule has 0 unspecified atom stereocenters. The van der Waals surface area contributed by atoms with Crippen LogP contribution in [-0.4, -0.2) is 58.2 Å². The highest BCUT2D eigenvalue weighted by molar-refractivity contribution is 5.61. The van der Waals surface area contributed by atoms with Crippen molar-refractivity contribution in [2.45, 2.75) is 20.1 Å². The minimum Gasteiger partial charge on any atom is -0.377 e. The molecular formula is C15H20N6O4. The first-order valence-electron chi connectivity index (χ1n) is 7.96. The zero-order chi connectivity index (χ0) is 17.8. The van der Waals surface area contributed by atoms with Crippen molar-refractivity contribution in [3.8, 4) is 0 Å². The number of aryl methyl sites for hydroxylation is 1. The largest absolute Gasteiger partial charge is 0.377 e. The maximum absolute atomic E-state index is 11.3. The second kappa shape index (κ2) is 7.53. The van der Waals surface area contributed by atoms with Crippen molar-refractivity contribution in [1.82, 2.24) is 20.0 Å². The summed E-state index contributed by atoms with van der Waals surface area (Å²) in [6, 6.07) is 1.66. The quantitative estimate of drug-likeness (QED) is 0.560. The third-order valence-corrected chi connectivity index (χ3v) is 4.10. The van der Waals surface area contributed by atoms with Crippen molar-refractivity contribution in [3.63, 3.8) is 0 Å². The third-order valence-electron chi connectivity index (χ3n) is 4.10. The van der Waals surface area contributed by atoms with Crippen LogP contribution in [0, 0.1) is 17.0 Å². The zero-order valence-electron chi connectivity index (χ0n) is 14.2. The van der Waals surface area contributed by atoms with Gasteiger partial charge in [0, 0.05) is 45.0 Å². The maximum atomic E-state index is 11.3. The fourth-order valence-electron chi connectivity index (χ4n) is 2.84. The molecule has 1 saturated heterocycles. The summed E-state index contributed by atoms with van der Waals surface area (Å²) >= 11 is 0. The molecule has 1 aliphatic rings. The Hall–Kier alpha value is -2.59. The molecule has 3 heterocycles. The van der Waals surface area contributed by atoms with Crippen LogP contribution >= 0.6 is 0 Å². The molecule has 1 aliphatic heterocycles. The standard InChI is InChI=1S/C15H20N6O4/c1-11-3-4-16-15(14(11)21(22)23)20-7-5-19(6-8-20)9-13-17-12(10-24-2)18-25-13/h3-4H,5-10H2,1-2H3. The van der Waals surface area contributed by atoms with Crippen molar-refractivity contribution in [2.24, 2.45) is 0 Å². The van der Waals surface area contributed by atoms with E-state index in [4.69, 9.17) is 9.26 Å². The van der Waals surface area contributed by atoms with Gasteiger partial charge in [-0.3, -0.25) is 15.0 Å². The van der Waals surface area contributed by atoms with Gasteiger partial charge in [-0.05, 0) is 13.0 Å². The van der Waals surface area contributed by atoms with Gasteiger partial charge < -0.3 is 14.2 Å². The molecule has 3 rings (SSSR count). The molecule has 0 saturated carbocycles. The summed E-state index contributed by atoms with van der Waals surface area (Å²) in [5.74, 6) is 1.50. The predicted octanol–water partition coefficient (Wildman–Crippen LogP) is 1.15. The summed E-state index contributed by atoms with van der Waals surface area (Å²) in [6.07, 6.45) is 1.61. The second-order valence-electron chi connectivity index (χ2n) is 5.86. The zero-order valence-corrected chi connectivity index (χ0v) is 14.2. The van der Waals surface area contributed by atoms with E-state index in [1.807, 2.05) is 4.90 Å². The molecular weight excluding hydrogens is 328 g/mol. The Morgan fingerprint density at radius 1 is 1.36 bits per heavy atom. The van der Waals surface area contributed by atoms with Crippen molar-refractivity contribution >= 4 is 11.5 Å². The van der Waals surface area contributed by atoms with Crippen LogP contribution in [0.4, 0.5) is 11.5 Å². The fourth-order valence-corrected chi connectivity index (χ4v) is 2.84. The van der Waals surface area contributed by atoms with Crippen LogP contribution in [0.3, 0.4) is 0 Å². The van der Waals surface area contributed by atoms with Gasteiger partial charge in [0.25, 0.3) is 0 Å². The molecule has 2 aromatic rings. The second-order valence-corrected chi connectivity index (χ2v) is 5.86. The van der Waals surface area contributed by atoms with Crippen molar-refractivity contribution < 1.29 is 14.2 Å². The van der Waals surface area contributed by atoms with Crippen LogP contribution in [-0.2, 0) is 17.9 Å². The summed E-state index contributed by atoms with van der Waals surface area (Å²) in [7, 11) is 1.58. The highest BCUT2D eigenvalue weighted by Gasteiger charge is 2.27. The summed E-state index contributed by atoms with van der Waals surface area (Å²) in [5.41, 5.74) is 0.700. The molecule has 1 fully saturated rings. The van der Waals surface area contributed by atoms with Gasteiger partial charge in [0.1, 0.15) is 6.61 Å². The number of hydrogen-bond donors (Lipinski definition) is 0. The van der Waals surface area contributed by atoms with E-state index in [0.717, 1.165) is 13.1 Å². The van der Waals surface area contributed by atoms with Crippen LogP contribution < -0.4 is 4.90 Å². The molecule has 10 heteroatoms. The summed E-state index contributed by atoms with van der Waals surface area (Å²) in [4.78, 5) is 23.6. The van der Waals surface area contributed by atoms with E-state index in [1.165, 1.54) is 0 Å². The molecule has 25 heavy (non-hydrogen) atoms. The topological polar surface area (TPSA) is 111 Å². The molecule has 0 aliphatic carbocycles. The third kappa shape index (κ3) is 3.91. The Balaban J connectivity index is 1.62. The Bertz CT molecular complexity index is 741. The van der Waals surface area contributed by atoms with Gasteiger partial charge in [-0.2, -0.15) is 4.98 Å². The maximum Gasteiger partial charge on any atom is 0.314 e. The number of piperazine rings is 1. The first-order chi connectivity index (χ1) is 12.1. The lowest BCUT2D eigenvalue weighted by Crippen LogP contribution is -2.46. The van der Waals surface area contributed by atoms with E-state index in [-0.39, 0.29) is 10.6 Å². The molecule has 0 atom stereocenters. The monoisotopic (exact) mass is 348 g/mol. The minimum atomic E-state index is -0.361. The lowest BCUT2D eigenvalue weighted by molar-refractivity contribution is -0.384. The SMILES string of the molecule is COCc1noc(CN2CCN(c3nccc(C)c3[N+](=O)[O-])CC2)n1. The number of rotatable bonds is 6. The Morgan fingerprint density at radius 3 is 2.80 bits per heavy atom. The number of nitrogens with zero attached hydrogens (tertiary/aromatic N) is 6.